The SMILES string of the molecule is CCCCC/C=C\C/C=C\C/C=C\C/C=C\CCCC(=O)OC[C@H](COC(=O)CCCCCCCCCCCCCC)OC(=O)CCCCCCCCCCCCC. The van der Waals surface area contributed by atoms with Crippen LogP contribution in [0.25, 0.3) is 0 Å². The summed E-state index contributed by atoms with van der Waals surface area (Å²) >= 11 is 0. The van der Waals surface area contributed by atoms with Crippen LogP contribution in [-0.4, -0.2) is 37.2 Å². The van der Waals surface area contributed by atoms with Crippen LogP contribution in [-0.2, 0) is 28.6 Å². The molecule has 0 aliphatic rings. The van der Waals surface area contributed by atoms with Gasteiger partial charge >= 0.3 is 17.9 Å². The maximum absolute atomic E-state index is 12.7. The molecule has 0 N–H and O–H groups in total. The average molecular weight is 813 g/mol. The van der Waals surface area contributed by atoms with Crippen LogP contribution >= 0.6 is 0 Å². The lowest BCUT2D eigenvalue weighted by atomic mass is 10.0. The standard InChI is InChI=1S/C52H92O6/c1-4-7-10-13-16-19-22-24-25-26-27-28-31-33-36-39-42-45-51(54)57-48-49(58-52(55)46-43-40-37-34-29-21-18-15-12-9-6-3)47-56-50(53)44-41-38-35-32-30-23-20-17-14-11-8-5-2/h16,19,24-25,27-28,33,36,49H,4-15,17-18,20-23,26,29-32,34-35,37-48H2,1-3H3/b19-16-,25-24-,28-27-,36-33-/t49-/m0/s1. The van der Waals surface area contributed by atoms with Gasteiger partial charge in [0.05, 0.1) is 0 Å². The van der Waals surface area contributed by atoms with Crippen LogP contribution in [0.2, 0.25) is 0 Å². The molecule has 0 rings (SSSR count). The Labute approximate surface area is 358 Å². The highest BCUT2D eigenvalue weighted by Crippen LogP contribution is 2.15. The van der Waals surface area contributed by atoms with Crippen molar-refractivity contribution in [2.75, 3.05) is 13.2 Å². The Hall–Kier alpha value is -2.63. The molecule has 0 aromatic rings. The fourth-order valence-electron chi connectivity index (χ4n) is 6.85. The number of carbonyl (C=O) groups excluding carboxylic acids is 3. The highest BCUT2D eigenvalue weighted by Gasteiger charge is 2.19. The van der Waals surface area contributed by atoms with Gasteiger partial charge in [-0.2, -0.15) is 0 Å². The summed E-state index contributed by atoms with van der Waals surface area (Å²) in [6.07, 6.45) is 55.2. The van der Waals surface area contributed by atoms with Gasteiger partial charge in [0.1, 0.15) is 13.2 Å². The van der Waals surface area contributed by atoms with E-state index in [2.05, 4.69) is 69.4 Å². The van der Waals surface area contributed by atoms with Crippen LogP contribution in [0.4, 0.5) is 0 Å². The number of carbonyl (C=O) groups is 3. The second-order valence-corrected chi connectivity index (χ2v) is 16.4. The first kappa shape index (κ1) is 55.4. The molecule has 6 heteroatoms. The topological polar surface area (TPSA) is 78.9 Å². The van der Waals surface area contributed by atoms with E-state index in [1.807, 2.05) is 0 Å². The zero-order valence-electron chi connectivity index (χ0n) is 38.3. The van der Waals surface area contributed by atoms with Crippen molar-refractivity contribution in [2.45, 2.75) is 252 Å². The van der Waals surface area contributed by atoms with E-state index in [1.54, 1.807) is 0 Å². The number of ether oxygens (including phenoxy) is 3. The van der Waals surface area contributed by atoms with Gasteiger partial charge in [-0.25, -0.2) is 0 Å². The molecule has 0 amide bonds. The van der Waals surface area contributed by atoms with E-state index in [-0.39, 0.29) is 37.5 Å². The minimum absolute atomic E-state index is 0.0867. The molecule has 336 valence electrons. The van der Waals surface area contributed by atoms with Crippen molar-refractivity contribution < 1.29 is 28.6 Å². The Bertz CT molecular complexity index is 1030. The molecule has 0 aliphatic heterocycles. The van der Waals surface area contributed by atoms with Crippen molar-refractivity contribution in [1.82, 2.24) is 0 Å². The summed E-state index contributed by atoms with van der Waals surface area (Å²) in [5.41, 5.74) is 0. The fraction of sp³-hybridized carbons (Fsp3) is 0.788. The molecular weight excluding hydrogens is 721 g/mol. The Balaban J connectivity index is 4.43. The third-order valence-corrected chi connectivity index (χ3v) is 10.6. The lowest BCUT2D eigenvalue weighted by Crippen LogP contribution is -2.30. The number of unbranched alkanes of at least 4 members (excludes halogenated alkanes) is 25. The molecule has 0 heterocycles. The quantitative estimate of drug-likeness (QED) is 0.0264. The third kappa shape index (κ3) is 44.5. The molecule has 0 aliphatic carbocycles. The van der Waals surface area contributed by atoms with Gasteiger partial charge in [0.2, 0.25) is 0 Å². The van der Waals surface area contributed by atoms with Gasteiger partial charge in [-0.15, -0.1) is 0 Å². The predicted octanol–water partition coefficient (Wildman–Crippen LogP) is 15.9. The summed E-state index contributed by atoms with van der Waals surface area (Å²) in [6, 6.07) is 0. The second-order valence-electron chi connectivity index (χ2n) is 16.4. The fourth-order valence-corrected chi connectivity index (χ4v) is 6.85. The number of hydrogen-bond acceptors (Lipinski definition) is 6. The van der Waals surface area contributed by atoms with Gasteiger partial charge in [0, 0.05) is 19.3 Å². The first-order chi connectivity index (χ1) is 28.5. The predicted molar refractivity (Wildman–Crippen MR) is 247 cm³/mol. The van der Waals surface area contributed by atoms with Gasteiger partial charge in [0.25, 0.3) is 0 Å². The van der Waals surface area contributed by atoms with Gasteiger partial charge < -0.3 is 14.2 Å². The molecule has 0 unspecified atom stereocenters. The summed E-state index contributed by atoms with van der Waals surface area (Å²) in [4.78, 5) is 37.8. The van der Waals surface area contributed by atoms with E-state index in [1.165, 1.54) is 135 Å². The zero-order chi connectivity index (χ0) is 42.3. The van der Waals surface area contributed by atoms with E-state index in [4.69, 9.17) is 14.2 Å². The largest absolute Gasteiger partial charge is 0.462 e. The van der Waals surface area contributed by atoms with Crippen LogP contribution in [0.1, 0.15) is 245 Å². The molecule has 6 nitrogen and oxygen atoms in total. The molecule has 0 saturated carbocycles. The number of esters is 3. The molecule has 58 heavy (non-hydrogen) atoms. The van der Waals surface area contributed by atoms with Crippen molar-refractivity contribution in [3.63, 3.8) is 0 Å². The van der Waals surface area contributed by atoms with E-state index in [0.29, 0.717) is 19.3 Å². The third-order valence-electron chi connectivity index (χ3n) is 10.6. The van der Waals surface area contributed by atoms with E-state index < -0.39 is 6.10 Å². The van der Waals surface area contributed by atoms with Gasteiger partial charge in [0.15, 0.2) is 6.10 Å². The molecule has 0 aromatic carbocycles. The van der Waals surface area contributed by atoms with Gasteiger partial charge in [-0.05, 0) is 57.8 Å². The zero-order valence-corrected chi connectivity index (χ0v) is 38.3. The Morgan fingerprint density at radius 2 is 0.638 bits per heavy atom. The maximum Gasteiger partial charge on any atom is 0.306 e. The summed E-state index contributed by atoms with van der Waals surface area (Å²) in [6.45, 7) is 6.55. The number of hydrogen-bond donors (Lipinski definition) is 0. The lowest BCUT2D eigenvalue weighted by Gasteiger charge is -2.18. The molecular formula is C52H92O6. The van der Waals surface area contributed by atoms with E-state index >= 15 is 0 Å². The van der Waals surface area contributed by atoms with Crippen LogP contribution in [0.3, 0.4) is 0 Å². The maximum atomic E-state index is 12.7. The van der Waals surface area contributed by atoms with Crippen LogP contribution < -0.4 is 0 Å². The first-order valence-corrected chi connectivity index (χ1v) is 24.6. The Morgan fingerprint density at radius 3 is 1.03 bits per heavy atom. The first-order valence-electron chi connectivity index (χ1n) is 24.6. The molecule has 0 saturated heterocycles. The van der Waals surface area contributed by atoms with Crippen LogP contribution in [0.15, 0.2) is 48.6 Å². The van der Waals surface area contributed by atoms with E-state index in [9.17, 15) is 14.4 Å². The molecule has 0 fully saturated rings. The van der Waals surface area contributed by atoms with Gasteiger partial charge in [-0.1, -0.05) is 217 Å². The highest BCUT2D eigenvalue weighted by molar-refractivity contribution is 5.71. The molecule has 0 radical (unpaired) electrons. The van der Waals surface area contributed by atoms with Crippen molar-refractivity contribution in [2.24, 2.45) is 0 Å². The van der Waals surface area contributed by atoms with Gasteiger partial charge in [-0.3, -0.25) is 14.4 Å². The van der Waals surface area contributed by atoms with Crippen molar-refractivity contribution >= 4 is 17.9 Å². The minimum atomic E-state index is -0.788. The summed E-state index contributed by atoms with van der Waals surface area (Å²) in [5, 5.41) is 0. The highest BCUT2D eigenvalue weighted by atomic mass is 16.6. The lowest BCUT2D eigenvalue weighted by molar-refractivity contribution is -0.167. The Morgan fingerprint density at radius 1 is 0.345 bits per heavy atom. The normalized spacial score (nSPS) is 12.4. The Kier molecular flexibility index (Phi) is 44.9. The van der Waals surface area contributed by atoms with Crippen molar-refractivity contribution in [1.29, 1.82) is 0 Å². The second kappa shape index (κ2) is 47.1. The van der Waals surface area contributed by atoms with Crippen LogP contribution in [0, 0.1) is 0 Å². The molecule has 0 bridgehead atoms. The number of allylic oxidation sites excluding steroid dienone is 8. The minimum Gasteiger partial charge on any atom is -0.462 e. The van der Waals surface area contributed by atoms with Crippen molar-refractivity contribution in [3.05, 3.63) is 48.6 Å². The summed E-state index contributed by atoms with van der Waals surface area (Å²) in [7, 11) is 0. The van der Waals surface area contributed by atoms with Crippen molar-refractivity contribution in [3.8, 4) is 0 Å². The average Bonchev–Trinajstić information content (AvgIpc) is 3.22. The molecule has 1 atom stereocenters. The number of rotatable bonds is 44. The molecule has 0 aromatic heterocycles. The monoisotopic (exact) mass is 813 g/mol. The summed E-state index contributed by atoms with van der Waals surface area (Å²) < 4.78 is 16.7. The van der Waals surface area contributed by atoms with E-state index in [0.717, 1.165) is 64.2 Å². The van der Waals surface area contributed by atoms with Crippen LogP contribution in [0.5, 0.6) is 0 Å². The smallest absolute Gasteiger partial charge is 0.306 e. The summed E-state index contributed by atoms with van der Waals surface area (Å²) in [5.74, 6) is -0.941. The molecule has 0 spiro atoms.